The number of hydrogen-bond donors (Lipinski definition) is 1. The van der Waals surface area contributed by atoms with E-state index in [1.807, 2.05) is 12.1 Å². The molecule has 0 amide bonds. The number of carbonyl (C=O) groups is 1. The van der Waals surface area contributed by atoms with Gasteiger partial charge in [0.1, 0.15) is 0 Å². The highest BCUT2D eigenvalue weighted by Crippen LogP contribution is 2.32. The summed E-state index contributed by atoms with van der Waals surface area (Å²) in [4.78, 5) is 16.2. The molecule has 0 spiro atoms. The Hall–Kier alpha value is -1.22. The van der Waals surface area contributed by atoms with Gasteiger partial charge in [0, 0.05) is 36.0 Å². The number of fused-ring (bicyclic) bond motifs is 2. The molecule has 0 radical (unpaired) electrons. The Morgan fingerprint density at radius 3 is 2.44 bits per heavy atom. The highest BCUT2D eigenvalue weighted by molar-refractivity contribution is 5.97. The number of hydrogen-bond acceptors (Lipinski definition) is 3. The molecule has 2 saturated heterocycles. The average Bonchev–Trinajstić information content (AvgIpc) is 2.68. The van der Waals surface area contributed by atoms with E-state index in [1.165, 1.54) is 12.8 Å². The maximum Gasteiger partial charge on any atom is 0.166 e. The van der Waals surface area contributed by atoms with Crippen molar-refractivity contribution in [3.05, 3.63) is 30.1 Å². The topological polar surface area (TPSA) is 42.0 Å². The normalized spacial score (nSPS) is 32.6. The molecule has 1 N–H and O–H groups in total. The molecule has 1 aromatic heterocycles. The quantitative estimate of drug-likeness (QED) is 0.766. The fraction of sp³-hybridized carbons (Fsp3) is 0.538. The largest absolute Gasteiger partial charge is 0.311 e. The Bertz CT molecular complexity index is 378. The molecular weight excluding hydrogens is 200 g/mol. The lowest BCUT2D eigenvalue weighted by Gasteiger charge is -2.28. The highest BCUT2D eigenvalue weighted by Gasteiger charge is 2.36. The van der Waals surface area contributed by atoms with Crippen molar-refractivity contribution in [3.8, 4) is 0 Å². The second-order valence-corrected chi connectivity index (χ2v) is 4.91. The van der Waals surface area contributed by atoms with Crippen LogP contribution in [0.1, 0.15) is 36.0 Å². The highest BCUT2D eigenvalue weighted by atomic mass is 16.1. The van der Waals surface area contributed by atoms with Gasteiger partial charge in [-0.05, 0) is 37.8 Å². The number of piperidine rings is 1. The first-order valence-electron chi connectivity index (χ1n) is 6.03. The molecule has 3 heterocycles. The number of nitrogens with zero attached hydrogens (tertiary/aromatic N) is 1. The fourth-order valence-corrected chi connectivity index (χ4v) is 3.02. The van der Waals surface area contributed by atoms with Gasteiger partial charge < -0.3 is 5.32 Å². The maximum absolute atomic E-state index is 12.3. The van der Waals surface area contributed by atoms with Crippen LogP contribution in [0.4, 0.5) is 0 Å². The minimum absolute atomic E-state index is 0.223. The Morgan fingerprint density at radius 2 is 1.81 bits per heavy atom. The van der Waals surface area contributed by atoms with E-state index in [-0.39, 0.29) is 5.92 Å². The van der Waals surface area contributed by atoms with E-state index >= 15 is 0 Å². The van der Waals surface area contributed by atoms with Crippen LogP contribution < -0.4 is 5.32 Å². The number of aromatic nitrogens is 1. The van der Waals surface area contributed by atoms with Crippen LogP contribution >= 0.6 is 0 Å². The summed E-state index contributed by atoms with van der Waals surface area (Å²) in [6, 6.07) is 4.81. The Morgan fingerprint density at radius 1 is 1.19 bits per heavy atom. The molecular formula is C13H16N2O. The third-order valence-corrected chi connectivity index (χ3v) is 3.81. The molecule has 0 aliphatic carbocycles. The zero-order valence-corrected chi connectivity index (χ0v) is 9.23. The molecule has 1 aromatic rings. The third-order valence-electron chi connectivity index (χ3n) is 3.81. The number of rotatable bonds is 2. The fourth-order valence-electron chi connectivity index (χ4n) is 3.02. The molecule has 0 saturated carbocycles. The van der Waals surface area contributed by atoms with Crippen molar-refractivity contribution in [2.75, 3.05) is 0 Å². The standard InChI is InChI=1S/C13H16N2O/c16-13(9-3-5-14-6-4-9)10-7-11-1-2-12(8-10)15-11/h3-6,10-12,15H,1-2,7-8H2/t10?,11-,12+. The van der Waals surface area contributed by atoms with E-state index in [0.717, 1.165) is 18.4 Å². The van der Waals surface area contributed by atoms with Crippen LogP contribution in [-0.4, -0.2) is 22.9 Å². The Labute approximate surface area is 95.3 Å². The van der Waals surface area contributed by atoms with Crippen molar-refractivity contribution in [3.63, 3.8) is 0 Å². The van der Waals surface area contributed by atoms with E-state index in [4.69, 9.17) is 0 Å². The van der Waals surface area contributed by atoms with Gasteiger partial charge in [0.05, 0.1) is 0 Å². The zero-order valence-electron chi connectivity index (χ0n) is 9.23. The van der Waals surface area contributed by atoms with E-state index < -0.39 is 0 Å². The Balaban J connectivity index is 1.76. The molecule has 84 valence electrons. The predicted octanol–water partition coefficient (Wildman–Crippen LogP) is 1.79. The van der Waals surface area contributed by atoms with Gasteiger partial charge in [-0.15, -0.1) is 0 Å². The molecule has 1 unspecified atom stereocenters. The molecule has 16 heavy (non-hydrogen) atoms. The van der Waals surface area contributed by atoms with Gasteiger partial charge in [0.25, 0.3) is 0 Å². The summed E-state index contributed by atoms with van der Waals surface area (Å²) in [5.41, 5.74) is 0.821. The molecule has 3 heteroatoms. The monoisotopic (exact) mass is 216 g/mol. The molecule has 0 aromatic carbocycles. The maximum atomic E-state index is 12.3. The number of ketones is 1. The first-order chi connectivity index (χ1) is 7.83. The summed E-state index contributed by atoms with van der Waals surface area (Å²) in [6.07, 6.45) is 7.90. The van der Waals surface area contributed by atoms with Gasteiger partial charge in [-0.2, -0.15) is 0 Å². The lowest BCUT2D eigenvalue weighted by molar-refractivity contribution is 0.0875. The van der Waals surface area contributed by atoms with Crippen molar-refractivity contribution in [2.45, 2.75) is 37.8 Å². The first-order valence-corrected chi connectivity index (χ1v) is 6.03. The summed E-state index contributed by atoms with van der Waals surface area (Å²) in [7, 11) is 0. The van der Waals surface area contributed by atoms with Crippen molar-refractivity contribution in [1.29, 1.82) is 0 Å². The van der Waals surface area contributed by atoms with Crippen molar-refractivity contribution in [2.24, 2.45) is 5.92 Å². The molecule has 3 atom stereocenters. The second kappa shape index (κ2) is 3.98. The number of nitrogens with one attached hydrogen (secondary N) is 1. The van der Waals surface area contributed by atoms with Crippen LogP contribution in [0.25, 0.3) is 0 Å². The first kappa shape index (κ1) is 9.97. The van der Waals surface area contributed by atoms with E-state index in [0.29, 0.717) is 17.9 Å². The number of carbonyl (C=O) groups excluding carboxylic acids is 1. The minimum Gasteiger partial charge on any atom is -0.311 e. The average molecular weight is 216 g/mol. The van der Waals surface area contributed by atoms with Crippen LogP contribution in [0.3, 0.4) is 0 Å². The molecule has 2 aliphatic rings. The van der Waals surface area contributed by atoms with Crippen LogP contribution in [0, 0.1) is 5.92 Å². The summed E-state index contributed by atoms with van der Waals surface area (Å²) in [6.45, 7) is 0. The van der Waals surface area contributed by atoms with Crippen LogP contribution in [0.15, 0.2) is 24.5 Å². The molecule has 3 nitrogen and oxygen atoms in total. The molecule has 2 fully saturated rings. The lowest BCUT2D eigenvalue weighted by Crippen LogP contribution is -2.40. The predicted molar refractivity (Wildman–Crippen MR) is 61.2 cm³/mol. The van der Waals surface area contributed by atoms with Crippen molar-refractivity contribution < 1.29 is 4.79 Å². The van der Waals surface area contributed by atoms with Crippen LogP contribution in [-0.2, 0) is 0 Å². The van der Waals surface area contributed by atoms with Crippen LogP contribution in [0.2, 0.25) is 0 Å². The summed E-state index contributed by atoms with van der Waals surface area (Å²) in [5, 5.41) is 3.56. The van der Waals surface area contributed by atoms with Gasteiger partial charge in [-0.25, -0.2) is 0 Å². The van der Waals surface area contributed by atoms with Crippen molar-refractivity contribution >= 4 is 5.78 Å². The molecule has 2 bridgehead atoms. The zero-order chi connectivity index (χ0) is 11.0. The van der Waals surface area contributed by atoms with Gasteiger partial charge in [-0.3, -0.25) is 9.78 Å². The van der Waals surface area contributed by atoms with E-state index in [1.54, 1.807) is 12.4 Å². The van der Waals surface area contributed by atoms with Gasteiger partial charge >= 0.3 is 0 Å². The lowest BCUT2D eigenvalue weighted by atomic mass is 9.86. The number of pyridine rings is 1. The third kappa shape index (κ3) is 1.76. The van der Waals surface area contributed by atoms with Gasteiger partial charge in [-0.1, -0.05) is 0 Å². The Kier molecular flexibility index (Phi) is 2.48. The summed E-state index contributed by atoms with van der Waals surface area (Å²) < 4.78 is 0. The van der Waals surface area contributed by atoms with Gasteiger partial charge in [0.2, 0.25) is 0 Å². The van der Waals surface area contributed by atoms with E-state index in [9.17, 15) is 4.79 Å². The summed E-state index contributed by atoms with van der Waals surface area (Å²) >= 11 is 0. The van der Waals surface area contributed by atoms with Gasteiger partial charge in [0.15, 0.2) is 5.78 Å². The summed E-state index contributed by atoms with van der Waals surface area (Å²) in [5.74, 6) is 0.530. The van der Waals surface area contributed by atoms with E-state index in [2.05, 4.69) is 10.3 Å². The second-order valence-electron chi connectivity index (χ2n) is 4.91. The minimum atomic E-state index is 0.223. The number of Topliss-reactive ketones (excluding diaryl/α,β-unsaturated/α-hetero) is 1. The van der Waals surface area contributed by atoms with Crippen molar-refractivity contribution in [1.82, 2.24) is 10.3 Å². The van der Waals surface area contributed by atoms with Crippen LogP contribution in [0.5, 0.6) is 0 Å². The molecule has 3 rings (SSSR count). The SMILES string of the molecule is O=C(c1ccncc1)C1C[C@H]2CC[C@@H](C1)N2. The smallest absolute Gasteiger partial charge is 0.166 e. The molecule has 2 aliphatic heterocycles.